The van der Waals surface area contributed by atoms with Gasteiger partial charge in [-0.3, -0.25) is 4.79 Å². The maximum Gasteiger partial charge on any atom is 0.250 e. The molecule has 0 atom stereocenters. The van der Waals surface area contributed by atoms with E-state index in [4.69, 9.17) is 10.3 Å². The van der Waals surface area contributed by atoms with Crippen LogP contribution in [0.1, 0.15) is 16.2 Å². The molecule has 0 saturated carbocycles. The minimum atomic E-state index is -0.993. The van der Waals surface area contributed by atoms with Crippen molar-refractivity contribution in [1.29, 1.82) is 0 Å². The molecule has 0 radical (unpaired) electrons. The van der Waals surface area contributed by atoms with Crippen LogP contribution in [0.3, 0.4) is 0 Å². The zero-order valence-corrected chi connectivity index (χ0v) is 12.3. The molecule has 3 rings (SSSR count). The van der Waals surface area contributed by atoms with Crippen LogP contribution in [-0.2, 0) is 6.54 Å². The summed E-state index contributed by atoms with van der Waals surface area (Å²) in [5.41, 5.74) is 6.44. The van der Waals surface area contributed by atoms with E-state index >= 15 is 0 Å². The number of anilines is 1. The topological polar surface area (TPSA) is 94.0 Å². The zero-order chi connectivity index (χ0) is 17.1. The molecule has 122 valence electrons. The average Bonchev–Trinajstić information content (AvgIpc) is 3.04. The summed E-state index contributed by atoms with van der Waals surface area (Å²) in [6.45, 7) is 0.140. The number of nitrogens with one attached hydrogen (secondary N) is 1. The van der Waals surface area contributed by atoms with E-state index < -0.39 is 17.5 Å². The lowest BCUT2D eigenvalue weighted by atomic mass is 10.1. The Morgan fingerprint density at radius 3 is 2.71 bits per heavy atom. The van der Waals surface area contributed by atoms with Crippen LogP contribution in [0.2, 0.25) is 0 Å². The van der Waals surface area contributed by atoms with Crippen molar-refractivity contribution in [3.8, 4) is 11.4 Å². The van der Waals surface area contributed by atoms with Gasteiger partial charge < -0.3 is 15.6 Å². The standard InChI is InChI=1S/C16H12F2N4O2/c17-11-6-5-9(7-12(11)18)16-21-14(24-22-16)8-20-13-4-2-1-3-10(13)15(19)23/h1-7,20H,8H2,(H2,19,23). The van der Waals surface area contributed by atoms with Crippen molar-refractivity contribution < 1.29 is 18.1 Å². The number of primary amides is 1. The predicted octanol–water partition coefficient (Wildman–Crippen LogP) is 2.73. The number of aromatic nitrogens is 2. The average molecular weight is 330 g/mol. The fraction of sp³-hybridized carbons (Fsp3) is 0.0625. The van der Waals surface area contributed by atoms with Crippen LogP contribution < -0.4 is 11.1 Å². The lowest BCUT2D eigenvalue weighted by molar-refractivity contribution is 0.100. The predicted molar refractivity (Wildman–Crippen MR) is 81.9 cm³/mol. The molecule has 0 saturated heterocycles. The molecule has 0 unspecified atom stereocenters. The van der Waals surface area contributed by atoms with E-state index in [1.54, 1.807) is 24.3 Å². The molecule has 0 aliphatic heterocycles. The van der Waals surface area contributed by atoms with E-state index in [1.807, 2.05) is 0 Å². The van der Waals surface area contributed by atoms with Crippen molar-refractivity contribution in [3.63, 3.8) is 0 Å². The summed E-state index contributed by atoms with van der Waals surface area (Å²) in [6, 6.07) is 10.0. The number of halogens is 2. The molecule has 1 aromatic heterocycles. The number of nitrogens with two attached hydrogens (primary N) is 1. The van der Waals surface area contributed by atoms with Gasteiger partial charge in [-0.2, -0.15) is 4.98 Å². The lowest BCUT2D eigenvalue weighted by Crippen LogP contribution is -2.14. The summed E-state index contributed by atoms with van der Waals surface area (Å²) in [5, 5.41) is 6.69. The van der Waals surface area contributed by atoms with Gasteiger partial charge in [-0.1, -0.05) is 17.3 Å². The van der Waals surface area contributed by atoms with Gasteiger partial charge in [-0.25, -0.2) is 8.78 Å². The van der Waals surface area contributed by atoms with Crippen LogP contribution in [0, 0.1) is 11.6 Å². The second-order valence-electron chi connectivity index (χ2n) is 4.90. The third-order valence-corrected chi connectivity index (χ3v) is 3.27. The number of carbonyl (C=O) groups excluding carboxylic acids is 1. The Hall–Kier alpha value is -3.29. The molecular formula is C16H12F2N4O2. The van der Waals surface area contributed by atoms with E-state index in [0.29, 0.717) is 16.8 Å². The van der Waals surface area contributed by atoms with E-state index in [9.17, 15) is 13.6 Å². The molecule has 6 nitrogen and oxygen atoms in total. The molecule has 8 heteroatoms. The molecule has 1 amide bonds. The normalized spacial score (nSPS) is 10.6. The van der Waals surface area contributed by atoms with Crippen LogP contribution in [0.5, 0.6) is 0 Å². The van der Waals surface area contributed by atoms with Crippen molar-refractivity contribution in [3.05, 3.63) is 65.6 Å². The van der Waals surface area contributed by atoms with E-state index in [-0.39, 0.29) is 18.3 Å². The first kappa shape index (κ1) is 15.6. The van der Waals surface area contributed by atoms with Crippen LogP contribution in [0.25, 0.3) is 11.4 Å². The molecule has 0 aliphatic carbocycles. The molecule has 2 aromatic carbocycles. The van der Waals surface area contributed by atoms with Crippen molar-refractivity contribution >= 4 is 11.6 Å². The number of hydrogen-bond donors (Lipinski definition) is 2. The Balaban J connectivity index is 1.75. The lowest BCUT2D eigenvalue weighted by Gasteiger charge is -2.07. The molecule has 0 fully saturated rings. The molecule has 0 spiro atoms. The van der Waals surface area contributed by atoms with Gasteiger partial charge in [0.15, 0.2) is 11.6 Å². The number of hydrogen-bond acceptors (Lipinski definition) is 5. The first-order valence-corrected chi connectivity index (χ1v) is 6.95. The quantitative estimate of drug-likeness (QED) is 0.750. The molecule has 3 N–H and O–H groups in total. The van der Waals surface area contributed by atoms with Crippen LogP contribution in [-0.4, -0.2) is 16.0 Å². The highest BCUT2D eigenvalue weighted by Crippen LogP contribution is 2.20. The molecular weight excluding hydrogens is 318 g/mol. The summed E-state index contributed by atoms with van der Waals surface area (Å²) in [5.74, 6) is -2.16. The van der Waals surface area contributed by atoms with Gasteiger partial charge in [0.1, 0.15) is 0 Å². The van der Waals surface area contributed by atoms with Gasteiger partial charge >= 0.3 is 0 Å². The van der Waals surface area contributed by atoms with Crippen LogP contribution in [0.4, 0.5) is 14.5 Å². The fourth-order valence-corrected chi connectivity index (χ4v) is 2.10. The van der Waals surface area contributed by atoms with Crippen molar-refractivity contribution in [2.75, 3.05) is 5.32 Å². The smallest absolute Gasteiger partial charge is 0.250 e. The van der Waals surface area contributed by atoms with Crippen molar-refractivity contribution in [1.82, 2.24) is 10.1 Å². The SMILES string of the molecule is NC(=O)c1ccccc1NCc1nc(-c2ccc(F)c(F)c2)no1. The summed E-state index contributed by atoms with van der Waals surface area (Å²) < 4.78 is 31.2. The number of rotatable bonds is 5. The number of benzene rings is 2. The van der Waals surface area contributed by atoms with Gasteiger partial charge in [0.25, 0.3) is 5.91 Å². The fourth-order valence-electron chi connectivity index (χ4n) is 2.10. The van der Waals surface area contributed by atoms with Crippen LogP contribution in [0.15, 0.2) is 47.0 Å². The van der Waals surface area contributed by atoms with Gasteiger partial charge in [-0.05, 0) is 30.3 Å². The highest BCUT2D eigenvalue weighted by atomic mass is 19.2. The minimum Gasteiger partial charge on any atom is -0.375 e. The monoisotopic (exact) mass is 330 g/mol. The maximum atomic E-state index is 13.2. The van der Waals surface area contributed by atoms with Gasteiger partial charge in [-0.15, -0.1) is 0 Å². The van der Waals surface area contributed by atoms with Gasteiger partial charge in [0.05, 0.1) is 12.1 Å². The number of para-hydroxylation sites is 1. The minimum absolute atomic E-state index is 0.133. The van der Waals surface area contributed by atoms with E-state index in [2.05, 4.69) is 15.5 Å². The van der Waals surface area contributed by atoms with E-state index in [0.717, 1.165) is 12.1 Å². The third kappa shape index (κ3) is 3.22. The molecule has 24 heavy (non-hydrogen) atoms. The van der Waals surface area contributed by atoms with Gasteiger partial charge in [0.2, 0.25) is 11.7 Å². The largest absolute Gasteiger partial charge is 0.375 e. The first-order valence-electron chi connectivity index (χ1n) is 6.95. The summed E-state index contributed by atoms with van der Waals surface area (Å²) in [6.07, 6.45) is 0. The third-order valence-electron chi connectivity index (χ3n) is 3.27. The van der Waals surface area contributed by atoms with E-state index in [1.165, 1.54) is 6.07 Å². The molecule has 1 heterocycles. The summed E-state index contributed by atoms with van der Waals surface area (Å²) in [4.78, 5) is 15.4. The number of amides is 1. The highest BCUT2D eigenvalue weighted by Gasteiger charge is 2.12. The molecule has 0 aliphatic rings. The second kappa shape index (κ2) is 6.45. The second-order valence-corrected chi connectivity index (χ2v) is 4.90. The Morgan fingerprint density at radius 2 is 1.96 bits per heavy atom. The Bertz CT molecular complexity index is 895. The zero-order valence-electron chi connectivity index (χ0n) is 12.3. The Kier molecular flexibility index (Phi) is 4.19. The molecule has 3 aromatic rings. The molecule has 0 bridgehead atoms. The van der Waals surface area contributed by atoms with Gasteiger partial charge in [0, 0.05) is 11.3 Å². The van der Waals surface area contributed by atoms with Crippen molar-refractivity contribution in [2.45, 2.75) is 6.54 Å². The first-order chi connectivity index (χ1) is 11.5. The number of nitrogens with zero attached hydrogens (tertiary/aromatic N) is 2. The Morgan fingerprint density at radius 1 is 1.17 bits per heavy atom. The maximum absolute atomic E-state index is 13.2. The summed E-state index contributed by atoms with van der Waals surface area (Å²) in [7, 11) is 0. The Labute approximate surface area is 135 Å². The highest BCUT2D eigenvalue weighted by molar-refractivity contribution is 5.98. The summed E-state index contributed by atoms with van der Waals surface area (Å²) >= 11 is 0. The number of carbonyl (C=O) groups is 1. The van der Waals surface area contributed by atoms with Crippen LogP contribution >= 0.6 is 0 Å². The van der Waals surface area contributed by atoms with Crippen molar-refractivity contribution in [2.24, 2.45) is 5.73 Å².